The standard InChI is InChI=1S/C10H6ClF2NS2/c11-10-14-4-7(16-10)5-15-6-1-2-8(12)9(13)3-6/h1-4H,5H2. The van der Waals surface area contributed by atoms with Crippen LogP contribution in [0.5, 0.6) is 0 Å². The van der Waals surface area contributed by atoms with Gasteiger partial charge < -0.3 is 0 Å². The monoisotopic (exact) mass is 277 g/mol. The van der Waals surface area contributed by atoms with Crippen LogP contribution in [0.25, 0.3) is 0 Å². The van der Waals surface area contributed by atoms with E-state index in [-0.39, 0.29) is 0 Å². The molecule has 1 aromatic carbocycles. The molecular weight excluding hydrogens is 272 g/mol. The van der Waals surface area contributed by atoms with Gasteiger partial charge in [-0.2, -0.15) is 0 Å². The summed E-state index contributed by atoms with van der Waals surface area (Å²) in [6.45, 7) is 0. The number of benzene rings is 1. The van der Waals surface area contributed by atoms with Crippen molar-refractivity contribution in [2.45, 2.75) is 10.6 Å². The summed E-state index contributed by atoms with van der Waals surface area (Å²) in [5, 5.41) is 0. The first kappa shape index (κ1) is 11.8. The maximum absolute atomic E-state index is 12.9. The van der Waals surface area contributed by atoms with Gasteiger partial charge in [-0.05, 0) is 18.2 Å². The number of hydrogen-bond donors (Lipinski definition) is 0. The third-order valence-corrected chi connectivity index (χ3v) is 4.14. The van der Waals surface area contributed by atoms with Crippen molar-refractivity contribution in [1.82, 2.24) is 4.98 Å². The van der Waals surface area contributed by atoms with Crippen molar-refractivity contribution >= 4 is 34.7 Å². The zero-order chi connectivity index (χ0) is 11.5. The lowest BCUT2D eigenvalue weighted by Crippen LogP contribution is -1.83. The van der Waals surface area contributed by atoms with Gasteiger partial charge in [-0.1, -0.05) is 11.6 Å². The largest absolute Gasteiger partial charge is 0.233 e. The Hall–Kier alpha value is -0.650. The molecule has 0 saturated heterocycles. The molecule has 0 amide bonds. The highest BCUT2D eigenvalue weighted by Gasteiger charge is 2.04. The predicted molar refractivity (Wildman–Crippen MR) is 63.0 cm³/mol. The van der Waals surface area contributed by atoms with Crippen molar-refractivity contribution in [3.8, 4) is 0 Å². The van der Waals surface area contributed by atoms with Crippen LogP contribution in [0.2, 0.25) is 4.47 Å². The molecule has 0 fully saturated rings. The first-order valence-electron chi connectivity index (χ1n) is 4.33. The van der Waals surface area contributed by atoms with Crippen LogP contribution in [0.3, 0.4) is 0 Å². The number of nitrogens with zero attached hydrogens (tertiary/aromatic N) is 1. The zero-order valence-electron chi connectivity index (χ0n) is 7.91. The highest BCUT2D eigenvalue weighted by molar-refractivity contribution is 7.98. The summed E-state index contributed by atoms with van der Waals surface area (Å²) in [6.07, 6.45) is 1.68. The molecule has 2 rings (SSSR count). The third kappa shape index (κ3) is 2.93. The van der Waals surface area contributed by atoms with E-state index in [1.165, 1.54) is 29.2 Å². The fourth-order valence-electron chi connectivity index (χ4n) is 1.07. The Morgan fingerprint density at radius 1 is 1.31 bits per heavy atom. The van der Waals surface area contributed by atoms with Crippen molar-refractivity contribution in [2.75, 3.05) is 0 Å². The topological polar surface area (TPSA) is 12.9 Å². The molecule has 0 radical (unpaired) electrons. The fourth-order valence-corrected chi connectivity index (χ4v) is 2.99. The normalized spacial score (nSPS) is 10.7. The minimum Gasteiger partial charge on any atom is -0.233 e. The Morgan fingerprint density at radius 2 is 2.12 bits per heavy atom. The van der Waals surface area contributed by atoms with E-state index in [1.54, 1.807) is 12.3 Å². The van der Waals surface area contributed by atoms with Gasteiger partial charge in [-0.25, -0.2) is 13.8 Å². The Bertz CT molecular complexity index is 501. The average molecular weight is 278 g/mol. The van der Waals surface area contributed by atoms with Gasteiger partial charge in [-0.15, -0.1) is 23.1 Å². The molecule has 1 heterocycles. The molecular formula is C10H6ClF2NS2. The second kappa shape index (κ2) is 5.12. The lowest BCUT2D eigenvalue weighted by Gasteiger charge is -2.00. The number of thioether (sulfide) groups is 1. The summed E-state index contributed by atoms with van der Waals surface area (Å²) in [5.41, 5.74) is 0. The SMILES string of the molecule is Fc1ccc(SCc2cnc(Cl)s2)cc1F. The number of aromatic nitrogens is 1. The van der Waals surface area contributed by atoms with Crippen LogP contribution in [0.4, 0.5) is 8.78 Å². The van der Waals surface area contributed by atoms with Crippen molar-refractivity contribution in [2.24, 2.45) is 0 Å². The summed E-state index contributed by atoms with van der Waals surface area (Å²) in [4.78, 5) is 5.58. The molecule has 0 aliphatic rings. The highest BCUT2D eigenvalue weighted by Crippen LogP contribution is 2.28. The maximum atomic E-state index is 12.9. The zero-order valence-corrected chi connectivity index (χ0v) is 10.3. The van der Waals surface area contributed by atoms with Gasteiger partial charge in [0.25, 0.3) is 0 Å². The molecule has 0 aliphatic carbocycles. The van der Waals surface area contributed by atoms with E-state index in [0.717, 1.165) is 10.9 Å². The van der Waals surface area contributed by atoms with E-state index in [9.17, 15) is 8.78 Å². The third-order valence-electron chi connectivity index (χ3n) is 1.80. The lowest BCUT2D eigenvalue weighted by molar-refractivity contribution is 0.506. The highest BCUT2D eigenvalue weighted by atomic mass is 35.5. The molecule has 0 saturated carbocycles. The minimum absolute atomic E-state index is 0.487. The van der Waals surface area contributed by atoms with Gasteiger partial charge in [0, 0.05) is 21.7 Å². The summed E-state index contributed by atoms with van der Waals surface area (Å²) in [5.74, 6) is -1.01. The van der Waals surface area contributed by atoms with Gasteiger partial charge in [0.1, 0.15) is 0 Å². The van der Waals surface area contributed by atoms with Crippen LogP contribution in [-0.4, -0.2) is 4.98 Å². The predicted octanol–water partition coefficient (Wildman–Crippen LogP) is 4.37. The van der Waals surface area contributed by atoms with Crippen LogP contribution in [0.15, 0.2) is 29.3 Å². The van der Waals surface area contributed by atoms with Gasteiger partial charge in [0.2, 0.25) is 0 Å². The summed E-state index contributed by atoms with van der Waals surface area (Å²) in [7, 11) is 0. The first-order valence-corrected chi connectivity index (χ1v) is 6.51. The van der Waals surface area contributed by atoms with Gasteiger partial charge >= 0.3 is 0 Å². The summed E-state index contributed by atoms with van der Waals surface area (Å²) < 4.78 is 26.0. The van der Waals surface area contributed by atoms with E-state index in [4.69, 9.17) is 11.6 Å². The Morgan fingerprint density at radius 3 is 2.75 bits per heavy atom. The molecule has 0 unspecified atom stereocenters. The van der Waals surface area contributed by atoms with Crippen LogP contribution in [0.1, 0.15) is 4.88 Å². The van der Waals surface area contributed by atoms with E-state index in [2.05, 4.69) is 4.98 Å². The van der Waals surface area contributed by atoms with Crippen LogP contribution < -0.4 is 0 Å². The molecule has 16 heavy (non-hydrogen) atoms. The quantitative estimate of drug-likeness (QED) is 0.773. The smallest absolute Gasteiger partial charge is 0.183 e. The van der Waals surface area contributed by atoms with E-state index >= 15 is 0 Å². The van der Waals surface area contributed by atoms with E-state index in [1.807, 2.05) is 0 Å². The van der Waals surface area contributed by atoms with Crippen molar-refractivity contribution < 1.29 is 8.78 Å². The second-order valence-corrected chi connectivity index (χ2v) is 5.69. The molecule has 0 N–H and O–H groups in total. The molecule has 6 heteroatoms. The molecule has 0 aliphatic heterocycles. The van der Waals surface area contributed by atoms with Crippen molar-refractivity contribution in [1.29, 1.82) is 0 Å². The van der Waals surface area contributed by atoms with Crippen LogP contribution in [0, 0.1) is 11.6 Å². The molecule has 2 aromatic rings. The lowest BCUT2D eigenvalue weighted by atomic mass is 10.3. The molecule has 0 spiro atoms. The number of hydrogen-bond acceptors (Lipinski definition) is 3. The Kier molecular flexibility index (Phi) is 3.78. The summed E-state index contributed by atoms with van der Waals surface area (Å²) >= 11 is 8.47. The van der Waals surface area contributed by atoms with Gasteiger partial charge in [0.15, 0.2) is 16.1 Å². The second-order valence-electron chi connectivity index (χ2n) is 2.94. The number of halogens is 3. The first-order chi connectivity index (χ1) is 7.65. The van der Waals surface area contributed by atoms with Gasteiger partial charge in [0.05, 0.1) is 0 Å². The Labute approximate surface area is 104 Å². The Balaban J connectivity index is 2.02. The number of thiazole rings is 1. The van der Waals surface area contributed by atoms with Crippen molar-refractivity contribution in [3.63, 3.8) is 0 Å². The molecule has 84 valence electrons. The van der Waals surface area contributed by atoms with Crippen LogP contribution >= 0.6 is 34.7 Å². The van der Waals surface area contributed by atoms with E-state index in [0.29, 0.717) is 15.1 Å². The van der Waals surface area contributed by atoms with E-state index < -0.39 is 11.6 Å². The maximum Gasteiger partial charge on any atom is 0.183 e. The molecule has 1 aromatic heterocycles. The average Bonchev–Trinajstić information content (AvgIpc) is 2.66. The number of rotatable bonds is 3. The van der Waals surface area contributed by atoms with Crippen LogP contribution in [-0.2, 0) is 5.75 Å². The fraction of sp³-hybridized carbons (Fsp3) is 0.100. The summed E-state index contributed by atoms with van der Waals surface area (Å²) in [6, 6.07) is 3.85. The molecule has 0 bridgehead atoms. The minimum atomic E-state index is -0.829. The van der Waals surface area contributed by atoms with Gasteiger partial charge in [-0.3, -0.25) is 0 Å². The molecule has 0 atom stereocenters. The van der Waals surface area contributed by atoms with Crippen molar-refractivity contribution in [3.05, 3.63) is 45.4 Å². The molecule has 1 nitrogen and oxygen atoms in total.